The maximum Gasteiger partial charge on any atom is 0.325 e. The smallest absolute Gasteiger partial charge is 0.325 e. The van der Waals surface area contributed by atoms with E-state index in [0.717, 1.165) is 26.7 Å². The Morgan fingerprint density at radius 1 is 0.216 bits per heavy atom. The molecule has 42 heteroatoms. The van der Waals surface area contributed by atoms with Crippen LogP contribution in [0.1, 0.15) is 244 Å². The molecule has 0 aliphatic rings. The number of hydrogen-bond donors (Lipinski definition) is 8. The van der Waals surface area contributed by atoms with E-state index in [-0.39, 0.29) is 141 Å². The maximum absolute atomic E-state index is 13.6. The summed E-state index contributed by atoms with van der Waals surface area (Å²) in [6.07, 6.45) is -6.34. The standard InChI is InChI=1S/C83H130N12O30/c1-15-19-55(96)42-84-63(104)27-23-59(100)50-92(71(112)46-88-67(108)31-35-75(116)122-80(2,3)4)39-16-20-56(97)43-85-64(105)28-24-60(101)51-93(72(113)47-89-68(109)32-36-76(117)123-81(5,6)7)40-17-21-57(98)44-86-65(106)29-25-61(102)52-94(73(114)48-90-69(110)33-37-77(118)124-82(8,9)10)41-18-22-58(99)45-87-66(107)30-26-62(103)53-95(54-79(120)121-14)74(115)49-91-70(111)34-38-78(119)125-83(11,12)13/h15-54H2,1-14H3,(H,84,104)(H,85,105)(H,86,106)(H,87,107)(H,88,108)(H,89,109)(H,90,110)(H,91,111). The molecule has 0 unspecified atom stereocenters. The van der Waals surface area contributed by atoms with Gasteiger partial charge in [0, 0.05) is 122 Å². The fourth-order valence-electron chi connectivity index (χ4n) is 10.6. The Kier molecular flexibility index (Phi) is 54.4. The summed E-state index contributed by atoms with van der Waals surface area (Å²) in [7, 11) is 1.04. The van der Waals surface area contributed by atoms with Crippen molar-refractivity contribution in [1.29, 1.82) is 0 Å². The van der Waals surface area contributed by atoms with Crippen molar-refractivity contribution in [3.8, 4) is 0 Å². The minimum absolute atomic E-state index is 0.0432. The van der Waals surface area contributed by atoms with Crippen molar-refractivity contribution >= 4 is 147 Å². The molecule has 0 saturated carbocycles. The molecule has 0 saturated heterocycles. The number of rotatable bonds is 64. The topological polar surface area (TPSA) is 582 Å². The van der Waals surface area contributed by atoms with Crippen LogP contribution in [-0.4, -0.2) is 301 Å². The van der Waals surface area contributed by atoms with Gasteiger partial charge in [-0.2, -0.15) is 0 Å². The number of esters is 5. The van der Waals surface area contributed by atoms with Gasteiger partial charge < -0.3 is 85.8 Å². The molecule has 0 bridgehead atoms. The van der Waals surface area contributed by atoms with Crippen LogP contribution in [0.3, 0.4) is 0 Å². The number of nitrogens with zero attached hydrogens (tertiary/aromatic N) is 4. The predicted octanol–water partition coefficient (Wildman–Crippen LogP) is -0.295. The molecule has 0 atom stereocenters. The highest BCUT2D eigenvalue weighted by atomic mass is 16.6. The first kappa shape index (κ1) is 113. The van der Waals surface area contributed by atoms with Gasteiger partial charge in [-0.1, -0.05) is 6.92 Å². The highest BCUT2D eigenvalue weighted by Gasteiger charge is 2.29. The first-order valence-corrected chi connectivity index (χ1v) is 41.5. The van der Waals surface area contributed by atoms with E-state index in [9.17, 15) is 120 Å². The molecule has 8 N–H and O–H groups in total. The molecule has 0 spiro atoms. The van der Waals surface area contributed by atoms with Crippen molar-refractivity contribution in [1.82, 2.24) is 62.1 Å². The lowest BCUT2D eigenvalue weighted by molar-refractivity contribution is -0.156. The number of carbonyl (C=O) groups is 25. The van der Waals surface area contributed by atoms with Crippen LogP contribution in [0, 0.1) is 0 Å². The Labute approximate surface area is 728 Å². The average Bonchev–Trinajstić information content (AvgIpc) is 0.906. The molecule has 125 heavy (non-hydrogen) atoms. The number of ether oxygens (including phenoxy) is 5. The van der Waals surface area contributed by atoms with Crippen molar-refractivity contribution in [2.75, 3.05) is 112 Å². The van der Waals surface area contributed by atoms with E-state index < -0.39 is 281 Å². The van der Waals surface area contributed by atoms with Crippen LogP contribution >= 0.6 is 0 Å². The molecule has 0 aromatic carbocycles. The monoisotopic (exact) mass is 1770 g/mol. The average molecular weight is 1780 g/mol. The van der Waals surface area contributed by atoms with Crippen LogP contribution < -0.4 is 42.5 Å². The van der Waals surface area contributed by atoms with Crippen molar-refractivity contribution in [2.24, 2.45) is 0 Å². The SMILES string of the molecule is CCCC(=O)CNC(=O)CCC(=O)CN(CCCC(=O)CNC(=O)CCC(=O)CN(CCCC(=O)CNC(=O)CCC(=O)CN(CCCC(=O)CNC(=O)CCC(=O)CN(CC(=O)OC)C(=O)CNC(=O)CCC(=O)OC(C)(C)C)C(=O)CNC(=O)CCC(=O)OC(C)(C)C)C(=O)CNC(=O)CCC(=O)OC(C)(C)C)C(=O)CNC(=O)CCC(=O)OC(C)(C)C. The van der Waals surface area contributed by atoms with Gasteiger partial charge in [-0.05, 0) is 109 Å². The minimum atomic E-state index is -0.903. The molecule has 0 rings (SSSR count). The first-order chi connectivity index (χ1) is 58.1. The van der Waals surface area contributed by atoms with Gasteiger partial charge in [0.05, 0.1) is 111 Å². The minimum Gasteiger partial charge on any atom is -0.468 e. The summed E-state index contributed by atoms with van der Waals surface area (Å²) in [6.45, 7) is 13.0. The van der Waals surface area contributed by atoms with E-state index in [1.807, 2.05) is 0 Å². The van der Waals surface area contributed by atoms with Crippen LogP contribution in [0.15, 0.2) is 0 Å². The van der Waals surface area contributed by atoms with Gasteiger partial charge in [0.15, 0.2) is 46.3 Å². The highest BCUT2D eigenvalue weighted by Crippen LogP contribution is 2.15. The molecule has 0 aliphatic carbocycles. The van der Waals surface area contributed by atoms with Gasteiger partial charge in [-0.25, -0.2) is 0 Å². The lowest BCUT2D eigenvalue weighted by atomic mass is 10.1. The quantitative estimate of drug-likeness (QED) is 0.0286. The number of amides is 12. The van der Waals surface area contributed by atoms with E-state index in [2.05, 4.69) is 47.3 Å². The van der Waals surface area contributed by atoms with Gasteiger partial charge in [0.2, 0.25) is 70.9 Å². The van der Waals surface area contributed by atoms with E-state index in [0.29, 0.717) is 6.42 Å². The summed E-state index contributed by atoms with van der Waals surface area (Å²) in [4.78, 5) is 323. The first-order valence-electron chi connectivity index (χ1n) is 41.5. The van der Waals surface area contributed by atoms with Gasteiger partial charge in [-0.3, -0.25) is 120 Å². The molecule has 12 amide bonds. The van der Waals surface area contributed by atoms with Crippen LogP contribution in [0.4, 0.5) is 0 Å². The Morgan fingerprint density at radius 2 is 0.408 bits per heavy atom. The van der Waals surface area contributed by atoms with E-state index in [1.54, 1.807) is 90.0 Å². The summed E-state index contributed by atoms with van der Waals surface area (Å²) >= 11 is 0. The summed E-state index contributed by atoms with van der Waals surface area (Å²) in [6, 6.07) is 0. The number of Topliss-reactive ketones (excluding diaryl/α,β-unsaturated/α-hetero) is 8. The number of carbonyl (C=O) groups excluding carboxylic acids is 25. The van der Waals surface area contributed by atoms with Gasteiger partial charge in [0.25, 0.3) is 0 Å². The molecule has 0 aromatic rings. The second-order valence-electron chi connectivity index (χ2n) is 33.2. The van der Waals surface area contributed by atoms with Crippen LogP contribution in [0.25, 0.3) is 0 Å². The van der Waals surface area contributed by atoms with Gasteiger partial charge in [-0.15, -0.1) is 0 Å². The van der Waals surface area contributed by atoms with Gasteiger partial charge >= 0.3 is 29.8 Å². The molecule has 0 aliphatic heterocycles. The van der Waals surface area contributed by atoms with Gasteiger partial charge in [0.1, 0.15) is 28.9 Å². The van der Waals surface area contributed by atoms with Crippen LogP contribution in [0.5, 0.6) is 0 Å². The highest BCUT2D eigenvalue weighted by molar-refractivity contribution is 5.97. The molecule has 0 heterocycles. The third kappa shape index (κ3) is 63.0. The van der Waals surface area contributed by atoms with E-state index in [4.69, 9.17) is 18.9 Å². The zero-order chi connectivity index (χ0) is 95.2. The predicted molar refractivity (Wildman–Crippen MR) is 442 cm³/mol. The van der Waals surface area contributed by atoms with Crippen molar-refractivity contribution in [2.45, 2.75) is 267 Å². The normalized spacial score (nSPS) is 11.1. The molecule has 702 valence electrons. The van der Waals surface area contributed by atoms with Crippen molar-refractivity contribution in [3.63, 3.8) is 0 Å². The van der Waals surface area contributed by atoms with Crippen molar-refractivity contribution < 1.29 is 144 Å². The molecule has 0 aromatic heterocycles. The third-order valence-electron chi connectivity index (χ3n) is 16.7. The zero-order valence-electron chi connectivity index (χ0n) is 74.8. The number of hydrogen-bond acceptors (Lipinski definition) is 30. The maximum atomic E-state index is 13.6. The summed E-state index contributed by atoms with van der Waals surface area (Å²) in [5.41, 5.74) is -3.29. The van der Waals surface area contributed by atoms with Crippen molar-refractivity contribution in [3.05, 3.63) is 0 Å². The third-order valence-corrected chi connectivity index (χ3v) is 16.7. The van der Waals surface area contributed by atoms with Crippen LogP contribution in [-0.2, 0) is 144 Å². The molecular formula is C83H130N12O30. The molecular weight excluding hydrogens is 1640 g/mol. The number of nitrogens with one attached hydrogen (secondary N) is 8. The lowest BCUT2D eigenvalue weighted by Crippen LogP contribution is -2.45. The molecule has 0 radical (unpaired) electrons. The Hall–Kier alpha value is -11.6. The zero-order valence-corrected chi connectivity index (χ0v) is 74.8. The molecule has 42 nitrogen and oxygen atoms in total. The Balaban J connectivity index is 5.97. The van der Waals surface area contributed by atoms with E-state index in [1.165, 1.54) is 0 Å². The number of ketones is 8. The largest absolute Gasteiger partial charge is 0.468 e. The Bertz CT molecular complexity index is 3790. The second kappa shape index (κ2) is 60.0. The second-order valence-corrected chi connectivity index (χ2v) is 33.2. The molecule has 0 fully saturated rings. The summed E-state index contributed by atoms with van der Waals surface area (Å²) < 4.78 is 25.4. The summed E-state index contributed by atoms with van der Waals surface area (Å²) in [5, 5.41) is 19.0. The fourth-order valence-corrected chi connectivity index (χ4v) is 10.6. The van der Waals surface area contributed by atoms with E-state index >= 15 is 0 Å². The van der Waals surface area contributed by atoms with Crippen LogP contribution in [0.2, 0.25) is 0 Å². The fraction of sp³-hybridized carbons (Fsp3) is 0.699. The Morgan fingerprint density at radius 3 is 0.616 bits per heavy atom. The summed E-state index contributed by atoms with van der Waals surface area (Å²) in [5.74, 6) is -17.0. The number of methoxy groups -OCH3 is 1. The lowest BCUT2D eigenvalue weighted by Gasteiger charge is -2.22.